The standard InChI is InChI=1S/C23H19NO4/c1-3-14(2)28-23(27)16-10-4-5-13-19(16)24-21(25)17-11-6-8-15-9-7-12-18(20(15)17)22(24)26/h4-14H,3H2,1-2H3/t14-/m0/s1. The SMILES string of the molecule is CC[C@H](C)OC(=O)c1ccccc1N1C(=O)c2cccc3cccc(c23)C1=O. The molecule has 5 heteroatoms. The molecule has 2 amide bonds. The van der Waals surface area contributed by atoms with E-state index in [1.165, 1.54) is 0 Å². The third kappa shape index (κ3) is 2.76. The van der Waals surface area contributed by atoms with Crippen LogP contribution in [-0.2, 0) is 4.74 Å². The number of benzene rings is 3. The van der Waals surface area contributed by atoms with Crippen LogP contribution in [0.3, 0.4) is 0 Å². The summed E-state index contributed by atoms with van der Waals surface area (Å²) in [5.41, 5.74) is 1.31. The fraction of sp³-hybridized carbons (Fsp3) is 0.174. The first-order chi connectivity index (χ1) is 13.5. The fourth-order valence-electron chi connectivity index (χ4n) is 3.42. The van der Waals surface area contributed by atoms with Gasteiger partial charge in [0.15, 0.2) is 0 Å². The maximum atomic E-state index is 13.2. The minimum Gasteiger partial charge on any atom is -0.459 e. The van der Waals surface area contributed by atoms with E-state index in [0.717, 1.165) is 10.3 Å². The van der Waals surface area contributed by atoms with Gasteiger partial charge in [-0.1, -0.05) is 43.3 Å². The van der Waals surface area contributed by atoms with Crippen LogP contribution in [0.2, 0.25) is 0 Å². The van der Waals surface area contributed by atoms with Gasteiger partial charge >= 0.3 is 5.97 Å². The van der Waals surface area contributed by atoms with Crippen molar-refractivity contribution >= 4 is 34.2 Å². The Hall–Kier alpha value is -3.47. The van der Waals surface area contributed by atoms with Crippen LogP contribution < -0.4 is 4.90 Å². The molecular formula is C23H19NO4. The zero-order valence-electron chi connectivity index (χ0n) is 15.6. The first-order valence-corrected chi connectivity index (χ1v) is 9.23. The number of carbonyl (C=O) groups excluding carboxylic acids is 3. The van der Waals surface area contributed by atoms with Gasteiger partial charge in [0.1, 0.15) is 0 Å². The molecule has 0 fully saturated rings. The van der Waals surface area contributed by atoms with Gasteiger partial charge in [-0.2, -0.15) is 0 Å². The van der Waals surface area contributed by atoms with E-state index in [1.807, 2.05) is 19.1 Å². The van der Waals surface area contributed by atoms with Crippen molar-refractivity contribution in [2.45, 2.75) is 26.4 Å². The zero-order chi connectivity index (χ0) is 19.8. The van der Waals surface area contributed by atoms with E-state index in [-0.39, 0.29) is 17.4 Å². The van der Waals surface area contributed by atoms with Crippen molar-refractivity contribution in [3.8, 4) is 0 Å². The Bertz CT molecular complexity index is 1070. The van der Waals surface area contributed by atoms with Gasteiger partial charge in [0.2, 0.25) is 0 Å². The summed E-state index contributed by atoms with van der Waals surface area (Å²) in [6.45, 7) is 3.72. The van der Waals surface area contributed by atoms with Gasteiger partial charge in [-0.3, -0.25) is 9.59 Å². The van der Waals surface area contributed by atoms with E-state index in [4.69, 9.17) is 4.74 Å². The maximum Gasteiger partial charge on any atom is 0.340 e. The highest BCUT2D eigenvalue weighted by Crippen LogP contribution is 2.34. The maximum absolute atomic E-state index is 13.2. The average molecular weight is 373 g/mol. The van der Waals surface area contributed by atoms with Gasteiger partial charge in [0.25, 0.3) is 11.8 Å². The van der Waals surface area contributed by atoms with Gasteiger partial charge in [-0.05, 0) is 43.0 Å². The molecule has 0 radical (unpaired) electrons. The van der Waals surface area contributed by atoms with E-state index in [1.54, 1.807) is 55.5 Å². The molecule has 5 nitrogen and oxygen atoms in total. The smallest absolute Gasteiger partial charge is 0.340 e. The summed E-state index contributed by atoms with van der Waals surface area (Å²) in [5, 5.41) is 1.48. The molecule has 4 rings (SSSR count). The Kier molecular flexibility index (Phi) is 4.43. The molecule has 28 heavy (non-hydrogen) atoms. The van der Waals surface area contributed by atoms with Crippen LogP contribution in [0, 0.1) is 0 Å². The number of carbonyl (C=O) groups is 3. The molecule has 140 valence electrons. The summed E-state index contributed by atoms with van der Waals surface area (Å²) in [4.78, 5) is 40.2. The molecule has 0 N–H and O–H groups in total. The highest BCUT2D eigenvalue weighted by Gasteiger charge is 2.35. The predicted molar refractivity (Wildman–Crippen MR) is 107 cm³/mol. The van der Waals surface area contributed by atoms with E-state index in [2.05, 4.69) is 0 Å². The Morgan fingerprint density at radius 2 is 1.54 bits per heavy atom. The van der Waals surface area contributed by atoms with Crippen LogP contribution >= 0.6 is 0 Å². The number of rotatable bonds is 4. The lowest BCUT2D eigenvalue weighted by molar-refractivity contribution is 0.0335. The second-order valence-electron chi connectivity index (χ2n) is 6.80. The molecule has 1 heterocycles. The van der Waals surface area contributed by atoms with Gasteiger partial charge in [-0.15, -0.1) is 0 Å². The number of para-hydroxylation sites is 1. The van der Waals surface area contributed by atoms with E-state index in [9.17, 15) is 14.4 Å². The number of amides is 2. The largest absolute Gasteiger partial charge is 0.459 e. The van der Waals surface area contributed by atoms with Crippen molar-refractivity contribution in [2.75, 3.05) is 4.90 Å². The highest BCUT2D eigenvalue weighted by atomic mass is 16.5. The molecule has 3 aromatic carbocycles. The Morgan fingerprint density at radius 1 is 0.929 bits per heavy atom. The first kappa shape index (κ1) is 17.9. The number of imide groups is 1. The lowest BCUT2D eigenvalue weighted by Crippen LogP contribution is -2.41. The van der Waals surface area contributed by atoms with Crippen molar-refractivity contribution in [1.29, 1.82) is 0 Å². The van der Waals surface area contributed by atoms with Gasteiger partial charge < -0.3 is 4.74 Å². The second-order valence-corrected chi connectivity index (χ2v) is 6.80. The Balaban J connectivity index is 1.85. The number of anilines is 1. The van der Waals surface area contributed by atoms with Crippen LogP contribution in [0.25, 0.3) is 10.8 Å². The molecule has 0 bridgehead atoms. The third-order valence-corrected chi connectivity index (χ3v) is 5.02. The number of nitrogens with zero attached hydrogens (tertiary/aromatic N) is 1. The van der Waals surface area contributed by atoms with Crippen LogP contribution in [0.4, 0.5) is 5.69 Å². The lowest BCUT2D eigenvalue weighted by Gasteiger charge is -2.28. The molecule has 0 saturated carbocycles. The van der Waals surface area contributed by atoms with E-state index >= 15 is 0 Å². The molecule has 0 unspecified atom stereocenters. The van der Waals surface area contributed by atoms with Gasteiger partial charge in [0.05, 0.1) is 17.4 Å². The summed E-state index contributed by atoms with van der Waals surface area (Å²) in [5.74, 6) is -1.45. The van der Waals surface area contributed by atoms with Crippen LogP contribution in [0.15, 0.2) is 60.7 Å². The van der Waals surface area contributed by atoms with Gasteiger partial charge in [-0.25, -0.2) is 9.69 Å². The Labute approximate surface area is 162 Å². The van der Waals surface area contributed by atoms with Crippen LogP contribution in [-0.4, -0.2) is 23.9 Å². The molecular weight excluding hydrogens is 354 g/mol. The van der Waals surface area contributed by atoms with Crippen molar-refractivity contribution in [3.05, 3.63) is 77.4 Å². The fourth-order valence-corrected chi connectivity index (χ4v) is 3.42. The topological polar surface area (TPSA) is 63.7 Å². The summed E-state index contributed by atoms with van der Waals surface area (Å²) >= 11 is 0. The number of esters is 1. The molecule has 0 aliphatic carbocycles. The van der Waals surface area contributed by atoms with Gasteiger partial charge in [0, 0.05) is 16.5 Å². The molecule has 1 atom stereocenters. The minimum atomic E-state index is -0.553. The number of hydrogen-bond donors (Lipinski definition) is 0. The third-order valence-electron chi connectivity index (χ3n) is 5.02. The molecule has 1 aliphatic rings. The van der Waals surface area contributed by atoms with Crippen molar-refractivity contribution < 1.29 is 19.1 Å². The molecule has 3 aromatic rings. The molecule has 0 saturated heterocycles. The normalized spacial score (nSPS) is 14.3. The molecule has 0 aromatic heterocycles. The predicted octanol–water partition coefficient (Wildman–Crippen LogP) is 4.60. The second kappa shape index (κ2) is 6.93. The summed E-state index contributed by atoms with van der Waals surface area (Å²) in [6.07, 6.45) is 0.410. The molecule has 1 aliphatic heterocycles. The highest BCUT2D eigenvalue weighted by molar-refractivity contribution is 6.36. The zero-order valence-corrected chi connectivity index (χ0v) is 15.6. The number of hydrogen-bond acceptors (Lipinski definition) is 4. The minimum absolute atomic E-state index is 0.191. The quantitative estimate of drug-likeness (QED) is 0.495. The van der Waals surface area contributed by atoms with E-state index in [0.29, 0.717) is 22.9 Å². The lowest BCUT2D eigenvalue weighted by atomic mass is 9.93. The Morgan fingerprint density at radius 3 is 2.14 bits per heavy atom. The monoisotopic (exact) mass is 373 g/mol. The van der Waals surface area contributed by atoms with Crippen molar-refractivity contribution in [2.24, 2.45) is 0 Å². The summed E-state index contributed by atoms with van der Waals surface area (Å²) in [6, 6.07) is 17.3. The molecule has 0 spiro atoms. The van der Waals surface area contributed by atoms with Crippen LogP contribution in [0.1, 0.15) is 51.3 Å². The average Bonchev–Trinajstić information content (AvgIpc) is 2.72. The summed E-state index contributed by atoms with van der Waals surface area (Å²) in [7, 11) is 0. The summed E-state index contributed by atoms with van der Waals surface area (Å²) < 4.78 is 5.43. The number of ether oxygens (including phenoxy) is 1. The van der Waals surface area contributed by atoms with Crippen LogP contribution in [0.5, 0.6) is 0 Å². The first-order valence-electron chi connectivity index (χ1n) is 9.23. The van der Waals surface area contributed by atoms with Crippen molar-refractivity contribution in [1.82, 2.24) is 0 Å². The van der Waals surface area contributed by atoms with Crippen molar-refractivity contribution in [3.63, 3.8) is 0 Å². The van der Waals surface area contributed by atoms with E-state index < -0.39 is 17.8 Å².